The smallest absolute Gasteiger partial charge is 0.195 e. The van der Waals surface area contributed by atoms with E-state index in [-0.39, 0.29) is 0 Å². The van der Waals surface area contributed by atoms with Gasteiger partial charge in [-0.25, -0.2) is 0 Å². The minimum Gasteiger partial charge on any atom is -0.195 e. The Labute approximate surface area is 68.3 Å². The van der Waals surface area contributed by atoms with Crippen molar-refractivity contribution in [2.75, 3.05) is 0 Å². The van der Waals surface area contributed by atoms with Crippen LogP contribution in [-0.4, -0.2) is 6.13 Å². The molecule has 2 aliphatic heterocycles. The number of rotatable bonds is 0. The first-order valence-corrected chi connectivity index (χ1v) is 4.95. The van der Waals surface area contributed by atoms with E-state index < -0.39 is 0 Å². The molecule has 0 unspecified atom stereocenters. The SMILES string of the molecule is ClB1[C@H]2CCC[C@@H]1CCC2. The zero-order chi connectivity index (χ0) is 6.97. The average molecular weight is 156 g/mol. The van der Waals surface area contributed by atoms with Crippen molar-refractivity contribution in [1.29, 1.82) is 0 Å². The van der Waals surface area contributed by atoms with Crippen molar-refractivity contribution in [1.82, 2.24) is 0 Å². The first-order chi connectivity index (χ1) is 4.88. The molecule has 2 bridgehead atoms. The van der Waals surface area contributed by atoms with E-state index in [2.05, 4.69) is 0 Å². The Balaban J connectivity index is 2.05. The number of fused-ring (bicyclic) bond motifs is 2. The van der Waals surface area contributed by atoms with E-state index in [1.54, 1.807) is 0 Å². The summed E-state index contributed by atoms with van der Waals surface area (Å²) in [5.41, 5.74) is 0. The summed E-state index contributed by atoms with van der Waals surface area (Å²) in [7, 11) is 0. The molecule has 0 aromatic carbocycles. The summed E-state index contributed by atoms with van der Waals surface area (Å²) < 4.78 is 0. The molecule has 10 heavy (non-hydrogen) atoms. The van der Waals surface area contributed by atoms with Crippen molar-refractivity contribution in [3.05, 3.63) is 0 Å². The standard InChI is InChI=1S/C8H14BCl/c10-9-7-3-1-4-8(9)6-2-5-7/h7-8H,1-6H2/t7-,8+. The zero-order valence-electron chi connectivity index (χ0n) is 6.35. The van der Waals surface area contributed by atoms with Gasteiger partial charge in [0.1, 0.15) is 0 Å². The lowest BCUT2D eigenvalue weighted by Gasteiger charge is -2.36. The lowest BCUT2D eigenvalue weighted by molar-refractivity contribution is 0.451. The minimum absolute atomic E-state index is 0.544. The molecule has 2 heterocycles. The molecule has 0 N–H and O–H groups in total. The fourth-order valence-corrected chi connectivity index (χ4v) is 3.10. The summed E-state index contributed by atoms with van der Waals surface area (Å²) >= 11 is 6.28. The van der Waals surface area contributed by atoms with Gasteiger partial charge in [0.15, 0.2) is 0 Å². The second-order valence-corrected chi connectivity index (χ2v) is 4.33. The molecule has 0 atom stereocenters. The summed E-state index contributed by atoms with van der Waals surface area (Å²) in [5.74, 6) is 1.77. The van der Waals surface area contributed by atoms with E-state index in [0.717, 1.165) is 11.6 Å². The highest BCUT2D eigenvalue weighted by Gasteiger charge is 2.37. The fraction of sp³-hybridized carbons (Fsp3) is 1.00. The number of hydrogen-bond acceptors (Lipinski definition) is 0. The van der Waals surface area contributed by atoms with Gasteiger partial charge >= 0.3 is 0 Å². The monoisotopic (exact) mass is 156 g/mol. The summed E-state index contributed by atoms with van der Waals surface area (Å²) in [6, 6.07) is 0. The van der Waals surface area contributed by atoms with E-state index in [1.165, 1.54) is 38.5 Å². The molecule has 2 saturated heterocycles. The summed E-state index contributed by atoms with van der Waals surface area (Å²) in [4.78, 5) is 0. The van der Waals surface area contributed by atoms with Crippen LogP contribution < -0.4 is 0 Å². The van der Waals surface area contributed by atoms with E-state index in [4.69, 9.17) is 11.5 Å². The highest BCUT2D eigenvalue weighted by atomic mass is 35.5. The van der Waals surface area contributed by atoms with Gasteiger partial charge in [-0.3, -0.25) is 0 Å². The molecule has 0 spiro atoms. The van der Waals surface area contributed by atoms with Crippen LogP contribution in [0.4, 0.5) is 0 Å². The third kappa shape index (κ3) is 1.09. The molecule has 56 valence electrons. The van der Waals surface area contributed by atoms with Crippen molar-refractivity contribution < 1.29 is 0 Å². The molecule has 2 fully saturated rings. The second kappa shape index (κ2) is 2.77. The van der Waals surface area contributed by atoms with Gasteiger partial charge in [0.05, 0.1) is 0 Å². The third-order valence-corrected chi connectivity index (χ3v) is 3.91. The predicted octanol–water partition coefficient (Wildman–Crippen LogP) is 3.32. The van der Waals surface area contributed by atoms with Crippen molar-refractivity contribution in [3.8, 4) is 0 Å². The van der Waals surface area contributed by atoms with E-state index in [9.17, 15) is 0 Å². The lowest BCUT2D eigenvalue weighted by atomic mass is 9.43. The third-order valence-electron chi connectivity index (χ3n) is 3.20. The van der Waals surface area contributed by atoms with Crippen LogP contribution in [0.25, 0.3) is 0 Å². The van der Waals surface area contributed by atoms with Crippen LogP contribution >= 0.6 is 11.5 Å². The molecule has 0 nitrogen and oxygen atoms in total. The molecule has 0 aromatic rings. The highest BCUT2D eigenvalue weighted by molar-refractivity contribution is 7.08. The van der Waals surface area contributed by atoms with Gasteiger partial charge in [0, 0.05) is 0 Å². The van der Waals surface area contributed by atoms with Crippen molar-refractivity contribution in [2.45, 2.75) is 50.2 Å². The first kappa shape index (κ1) is 7.03. The quantitative estimate of drug-likeness (QED) is 0.472. The van der Waals surface area contributed by atoms with Crippen LogP contribution in [0.2, 0.25) is 11.6 Å². The number of halogens is 1. The number of hydrogen-bond donors (Lipinski definition) is 0. The molecule has 0 radical (unpaired) electrons. The van der Waals surface area contributed by atoms with Gasteiger partial charge in [0.25, 0.3) is 6.13 Å². The van der Waals surface area contributed by atoms with Crippen molar-refractivity contribution in [3.63, 3.8) is 0 Å². The topological polar surface area (TPSA) is 0 Å². The van der Waals surface area contributed by atoms with Gasteiger partial charge in [0.2, 0.25) is 0 Å². The first-order valence-electron chi connectivity index (χ1n) is 4.52. The Bertz CT molecular complexity index is 104. The maximum absolute atomic E-state index is 6.28. The van der Waals surface area contributed by atoms with Crippen molar-refractivity contribution in [2.24, 2.45) is 0 Å². The Kier molecular flexibility index (Phi) is 1.95. The highest BCUT2D eigenvalue weighted by Crippen LogP contribution is 2.47. The molecule has 2 rings (SSSR count). The van der Waals surface area contributed by atoms with E-state index >= 15 is 0 Å². The predicted molar refractivity (Wildman–Crippen MR) is 46.8 cm³/mol. The molecule has 2 aliphatic rings. The largest absolute Gasteiger partial charge is 0.256 e. The molecule has 2 heteroatoms. The van der Waals surface area contributed by atoms with Crippen LogP contribution in [0.5, 0.6) is 0 Å². The van der Waals surface area contributed by atoms with Crippen molar-refractivity contribution >= 4 is 17.6 Å². The molecule has 0 amide bonds. The van der Waals surface area contributed by atoms with Gasteiger partial charge in [-0.1, -0.05) is 38.5 Å². The summed E-state index contributed by atoms with van der Waals surface area (Å²) in [6.07, 6.45) is 9.06. The normalized spacial score (nSPS) is 39.9. The molecule has 0 saturated carbocycles. The van der Waals surface area contributed by atoms with Gasteiger partial charge in [-0.2, -0.15) is 11.5 Å². The van der Waals surface area contributed by atoms with Gasteiger partial charge in [-0.15, -0.1) is 0 Å². The maximum atomic E-state index is 6.28. The Morgan fingerprint density at radius 3 is 1.60 bits per heavy atom. The average Bonchev–Trinajstić information content (AvgIpc) is 1.86. The Morgan fingerprint density at radius 1 is 0.900 bits per heavy atom. The van der Waals surface area contributed by atoms with Crippen LogP contribution in [0.1, 0.15) is 38.5 Å². The summed E-state index contributed by atoms with van der Waals surface area (Å²) in [5, 5.41) is 0. The van der Waals surface area contributed by atoms with Gasteiger partial charge in [-0.05, 0) is 11.6 Å². The van der Waals surface area contributed by atoms with Crippen LogP contribution in [-0.2, 0) is 0 Å². The minimum atomic E-state index is 0.544. The van der Waals surface area contributed by atoms with E-state index in [0.29, 0.717) is 6.13 Å². The molecular formula is C8H14BCl. The van der Waals surface area contributed by atoms with Crippen LogP contribution in [0.15, 0.2) is 0 Å². The summed E-state index contributed by atoms with van der Waals surface area (Å²) in [6.45, 7) is 0. The molecule has 0 aromatic heterocycles. The van der Waals surface area contributed by atoms with Crippen LogP contribution in [0, 0.1) is 0 Å². The van der Waals surface area contributed by atoms with Crippen LogP contribution in [0.3, 0.4) is 0 Å². The molecule has 0 aliphatic carbocycles. The maximum Gasteiger partial charge on any atom is 0.256 e. The zero-order valence-corrected chi connectivity index (χ0v) is 7.11. The Hall–Kier alpha value is 0.355. The fourth-order valence-electron chi connectivity index (χ4n) is 2.59. The lowest BCUT2D eigenvalue weighted by Crippen LogP contribution is -2.29. The van der Waals surface area contributed by atoms with E-state index in [1.807, 2.05) is 0 Å². The second-order valence-electron chi connectivity index (χ2n) is 3.83. The Morgan fingerprint density at radius 2 is 1.30 bits per heavy atom. The van der Waals surface area contributed by atoms with Gasteiger partial charge < -0.3 is 0 Å². The molecular weight excluding hydrogens is 142 g/mol.